The van der Waals surface area contributed by atoms with E-state index in [4.69, 9.17) is 5.73 Å². The highest BCUT2D eigenvalue weighted by Crippen LogP contribution is 2.22. The summed E-state index contributed by atoms with van der Waals surface area (Å²) in [6.07, 6.45) is 4.81. The van der Waals surface area contributed by atoms with Crippen LogP contribution in [0.25, 0.3) is 0 Å². The van der Waals surface area contributed by atoms with Crippen molar-refractivity contribution in [3.63, 3.8) is 0 Å². The molecule has 4 heteroatoms. The van der Waals surface area contributed by atoms with Crippen LogP contribution in [0.4, 0.5) is 0 Å². The summed E-state index contributed by atoms with van der Waals surface area (Å²) in [4.78, 5) is 14.5. The van der Waals surface area contributed by atoms with Crippen molar-refractivity contribution in [1.82, 2.24) is 4.90 Å². The number of piperidine rings is 1. The minimum Gasteiger partial charge on any atom is -0.339 e. The van der Waals surface area contributed by atoms with Gasteiger partial charge in [-0.3, -0.25) is 4.79 Å². The molecule has 1 heterocycles. The molecule has 2 rings (SSSR count). The fourth-order valence-electron chi connectivity index (χ4n) is 2.73. The first-order valence-electron chi connectivity index (χ1n) is 6.95. The van der Waals surface area contributed by atoms with E-state index in [0.717, 1.165) is 35.8 Å². The molecule has 0 bridgehead atoms. The number of benzene rings is 1. The number of carbonyl (C=O) groups is 1. The van der Waals surface area contributed by atoms with Crippen LogP contribution in [0.1, 0.15) is 31.2 Å². The summed E-state index contributed by atoms with van der Waals surface area (Å²) in [5, 5.41) is 0. The minimum atomic E-state index is 0.227. The molecule has 0 aromatic heterocycles. The Morgan fingerprint density at radius 2 is 2.16 bits per heavy atom. The van der Waals surface area contributed by atoms with E-state index in [1.54, 1.807) is 0 Å². The van der Waals surface area contributed by atoms with Crippen molar-refractivity contribution >= 4 is 21.8 Å². The zero-order chi connectivity index (χ0) is 13.7. The largest absolute Gasteiger partial charge is 0.339 e. The van der Waals surface area contributed by atoms with Crippen LogP contribution in [0.2, 0.25) is 0 Å². The van der Waals surface area contributed by atoms with Crippen LogP contribution in [0.3, 0.4) is 0 Å². The van der Waals surface area contributed by atoms with Gasteiger partial charge in [0, 0.05) is 17.1 Å². The second kappa shape index (κ2) is 7.06. The highest BCUT2D eigenvalue weighted by atomic mass is 79.9. The van der Waals surface area contributed by atoms with Crippen molar-refractivity contribution in [2.45, 2.75) is 38.1 Å². The van der Waals surface area contributed by atoms with Crippen molar-refractivity contribution in [3.05, 3.63) is 34.3 Å². The van der Waals surface area contributed by atoms with Crippen LogP contribution < -0.4 is 5.73 Å². The maximum absolute atomic E-state index is 12.5. The number of rotatable bonds is 4. The summed E-state index contributed by atoms with van der Waals surface area (Å²) >= 11 is 3.50. The number of hydrogen-bond donors (Lipinski definition) is 1. The standard InChI is InChI=1S/C15H21BrN2O/c16-14-7-2-1-5-12(14)11-15(19)18-10-4-3-6-13(18)8-9-17/h1-2,5,7,13H,3-4,6,8-11,17H2. The van der Waals surface area contributed by atoms with Crippen LogP contribution in [-0.2, 0) is 11.2 Å². The molecule has 0 radical (unpaired) electrons. The van der Waals surface area contributed by atoms with E-state index in [1.807, 2.05) is 29.2 Å². The van der Waals surface area contributed by atoms with Crippen molar-refractivity contribution < 1.29 is 4.79 Å². The molecule has 2 N–H and O–H groups in total. The lowest BCUT2D eigenvalue weighted by atomic mass is 9.98. The van der Waals surface area contributed by atoms with Gasteiger partial charge in [-0.15, -0.1) is 0 Å². The van der Waals surface area contributed by atoms with E-state index in [9.17, 15) is 4.79 Å². The Labute approximate surface area is 123 Å². The number of likely N-dealkylation sites (tertiary alicyclic amines) is 1. The number of halogens is 1. The van der Waals surface area contributed by atoms with E-state index in [0.29, 0.717) is 19.0 Å². The van der Waals surface area contributed by atoms with Gasteiger partial charge in [0.05, 0.1) is 6.42 Å². The molecule has 1 aliphatic rings. The van der Waals surface area contributed by atoms with Gasteiger partial charge in [-0.2, -0.15) is 0 Å². The maximum atomic E-state index is 12.5. The lowest BCUT2D eigenvalue weighted by Crippen LogP contribution is -2.45. The van der Waals surface area contributed by atoms with Gasteiger partial charge in [0.1, 0.15) is 0 Å². The summed E-state index contributed by atoms with van der Waals surface area (Å²) < 4.78 is 1.01. The number of amides is 1. The molecule has 1 aromatic carbocycles. The Balaban J connectivity index is 2.03. The fraction of sp³-hybridized carbons (Fsp3) is 0.533. The number of nitrogens with two attached hydrogens (primary N) is 1. The monoisotopic (exact) mass is 324 g/mol. The van der Waals surface area contributed by atoms with E-state index in [1.165, 1.54) is 6.42 Å². The van der Waals surface area contributed by atoms with Gasteiger partial charge >= 0.3 is 0 Å². The molecule has 104 valence electrons. The van der Waals surface area contributed by atoms with Crippen molar-refractivity contribution in [1.29, 1.82) is 0 Å². The molecule has 0 spiro atoms. The summed E-state index contributed by atoms with van der Waals surface area (Å²) in [7, 11) is 0. The van der Waals surface area contributed by atoms with Crippen LogP contribution in [0, 0.1) is 0 Å². The minimum absolute atomic E-state index is 0.227. The van der Waals surface area contributed by atoms with Crippen LogP contribution in [0.15, 0.2) is 28.7 Å². The highest BCUT2D eigenvalue weighted by molar-refractivity contribution is 9.10. The van der Waals surface area contributed by atoms with Gasteiger partial charge in [0.25, 0.3) is 0 Å². The zero-order valence-corrected chi connectivity index (χ0v) is 12.7. The van der Waals surface area contributed by atoms with E-state index >= 15 is 0 Å². The second-order valence-electron chi connectivity index (χ2n) is 5.08. The highest BCUT2D eigenvalue weighted by Gasteiger charge is 2.26. The Morgan fingerprint density at radius 3 is 2.89 bits per heavy atom. The first-order valence-corrected chi connectivity index (χ1v) is 7.74. The Hall–Kier alpha value is -0.870. The number of nitrogens with zero attached hydrogens (tertiary/aromatic N) is 1. The SMILES string of the molecule is NCCC1CCCCN1C(=O)Cc1ccccc1Br. The molecule has 1 amide bonds. The zero-order valence-electron chi connectivity index (χ0n) is 11.1. The Morgan fingerprint density at radius 1 is 1.37 bits per heavy atom. The van der Waals surface area contributed by atoms with Gasteiger partial charge in [0.2, 0.25) is 5.91 Å². The third-order valence-electron chi connectivity index (χ3n) is 3.75. The quantitative estimate of drug-likeness (QED) is 0.925. The third-order valence-corrected chi connectivity index (χ3v) is 4.52. The summed E-state index contributed by atoms with van der Waals surface area (Å²) in [6.45, 7) is 1.54. The lowest BCUT2D eigenvalue weighted by Gasteiger charge is -2.36. The molecule has 1 saturated heterocycles. The third kappa shape index (κ3) is 3.80. The molecule has 0 aliphatic carbocycles. The molecule has 1 aromatic rings. The molecular weight excluding hydrogens is 304 g/mol. The smallest absolute Gasteiger partial charge is 0.227 e. The van der Waals surface area contributed by atoms with Crippen molar-refractivity contribution in [3.8, 4) is 0 Å². The van der Waals surface area contributed by atoms with Crippen molar-refractivity contribution in [2.24, 2.45) is 5.73 Å². The van der Waals surface area contributed by atoms with Crippen LogP contribution in [-0.4, -0.2) is 29.9 Å². The van der Waals surface area contributed by atoms with Gasteiger partial charge in [-0.05, 0) is 43.9 Å². The van der Waals surface area contributed by atoms with E-state index in [-0.39, 0.29) is 5.91 Å². The number of carbonyl (C=O) groups excluding carboxylic acids is 1. The lowest BCUT2D eigenvalue weighted by molar-refractivity contribution is -0.134. The average Bonchev–Trinajstić information content (AvgIpc) is 2.42. The topological polar surface area (TPSA) is 46.3 Å². The average molecular weight is 325 g/mol. The van der Waals surface area contributed by atoms with E-state index in [2.05, 4.69) is 15.9 Å². The second-order valence-corrected chi connectivity index (χ2v) is 5.94. The summed E-state index contributed by atoms with van der Waals surface area (Å²) in [5.74, 6) is 0.227. The Kier molecular flexibility index (Phi) is 5.40. The Bertz CT molecular complexity index is 434. The molecule has 1 fully saturated rings. The van der Waals surface area contributed by atoms with Gasteiger partial charge < -0.3 is 10.6 Å². The molecule has 1 unspecified atom stereocenters. The summed E-state index contributed by atoms with van der Waals surface area (Å²) in [6, 6.07) is 8.27. The van der Waals surface area contributed by atoms with E-state index < -0.39 is 0 Å². The predicted octanol–water partition coefficient (Wildman–Crippen LogP) is 2.72. The van der Waals surface area contributed by atoms with Gasteiger partial charge in [0.15, 0.2) is 0 Å². The van der Waals surface area contributed by atoms with Crippen molar-refractivity contribution in [2.75, 3.05) is 13.1 Å². The maximum Gasteiger partial charge on any atom is 0.227 e. The number of hydrogen-bond acceptors (Lipinski definition) is 2. The van der Waals surface area contributed by atoms with Crippen LogP contribution in [0.5, 0.6) is 0 Å². The summed E-state index contributed by atoms with van der Waals surface area (Å²) in [5.41, 5.74) is 6.71. The molecule has 0 saturated carbocycles. The van der Waals surface area contributed by atoms with Gasteiger partial charge in [-0.1, -0.05) is 34.1 Å². The molecule has 1 atom stereocenters. The molecule has 19 heavy (non-hydrogen) atoms. The normalized spacial score (nSPS) is 19.5. The van der Waals surface area contributed by atoms with Crippen LogP contribution >= 0.6 is 15.9 Å². The molecular formula is C15H21BrN2O. The van der Waals surface area contributed by atoms with Gasteiger partial charge in [-0.25, -0.2) is 0 Å². The first kappa shape index (κ1) is 14.5. The predicted molar refractivity (Wildman–Crippen MR) is 80.9 cm³/mol. The fourth-order valence-corrected chi connectivity index (χ4v) is 3.15. The molecule has 3 nitrogen and oxygen atoms in total. The first-order chi connectivity index (χ1) is 9.22. The molecule has 1 aliphatic heterocycles.